The number of hydrogen-bond donors (Lipinski definition) is 1. The zero-order valence-corrected chi connectivity index (χ0v) is 17.1. The van der Waals surface area contributed by atoms with E-state index in [-0.39, 0.29) is 24.0 Å². The Balaban J connectivity index is 0.00000208. The van der Waals surface area contributed by atoms with Crippen LogP contribution in [0.4, 0.5) is 0 Å². The third-order valence-corrected chi connectivity index (χ3v) is 5.10. The van der Waals surface area contributed by atoms with Gasteiger partial charge in [0.1, 0.15) is 0 Å². The first-order valence-corrected chi connectivity index (χ1v) is 8.82. The molecule has 1 aromatic heterocycles. The molecule has 2 fully saturated rings. The normalized spacial score (nSPS) is 28.3. The zero-order valence-electron chi connectivity index (χ0n) is 14.7. The molecule has 3 rings (SSSR count). The van der Waals surface area contributed by atoms with Gasteiger partial charge in [0.2, 0.25) is 0 Å². The second-order valence-corrected chi connectivity index (χ2v) is 6.71. The Kier molecular flexibility index (Phi) is 7.80. The van der Waals surface area contributed by atoms with Crippen molar-refractivity contribution >= 4 is 29.9 Å². The molecule has 3 atom stereocenters. The van der Waals surface area contributed by atoms with Crippen molar-refractivity contribution in [3.05, 3.63) is 18.7 Å². The number of imidazole rings is 1. The van der Waals surface area contributed by atoms with Gasteiger partial charge in [-0.2, -0.15) is 0 Å². The molecule has 2 aliphatic heterocycles. The lowest BCUT2D eigenvalue weighted by molar-refractivity contribution is 0.0189. The third-order valence-electron chi connectivity index (χ3n) is 5.10. The molecule has 1 N–H and O–H groups in total. The van der Waals surface area contributed by atoms with Gasteiger partial charge in [-0.3, -0.25) is 4.99 Å². The average molecular weight is 447 g/mol. The van der Waals surface area contributed by atoms with Gasteiger partial charge in [0.15, 0.2) is 5.96 Å². The SMILES string of the molecule is CN=C(NCC1CCCCO1)N1CCC(C)C(n2ccnc2)C1.I. The highest BCUT2D eigenvalue weighted by Gasteiger charge is 2.29. The summed E-state index contributed by atoms with van der Waals surface area (Å²) >= 11 is 0. The predicted molar refractivity (Wildman–Crippen MR) is 107 cm³/mol. The van der Waals surface area contributed by atoms with Gasteiger partial charge in [0, 0.05) is 45.7 Å². The van der Waals surface area contributed by atoms with E-state index in [1.165, 1.54) is 19.3 Å². The highest BCUT2D eigenvalue weighted by Crippen LogP contribution is 2.27. The van der Waals surface area contributed by atoms with Crippen molar-refractivity contribution in [2.45, 2.75) is 44.8 Å². The number of rotatable bonds is 3. The second-order valence-electron chi connectivity index (χ2n) is 6.71. The van der Waals surface area contributed by atoms with Gasteiger partial charge >= 0.3 is 0 Å². The van der Waals surface area contributed by atoms with Crippen molar-refractivity contribution in [2.24, 2.45) is 10.9 Å². The predicted octanol–water partition coefficient (Wildman–Crippen LogP) is 2.53. The summed E-state index contributed by atoms with van der Waals surface area (Å²) in [7, 11) is 1.87. The first kappa shape index (κ1) is 19.5. The number of nitrogens with one attached hydrogen (secondary N) is 1. The molecule has 0 radical (unpaired) electrons. The van der Waals surface area contributed by atoms with Crippen LogP contribution >= 0.6 is 24.0 Å². The Labute approximate surface area is 162 Å². The summed E-state index contributed by atoms with van der Waals surface area (Å²) in [6.45, 7) is 6.11. The van der Waals surface area contributed by atoms with Gasteiger partial charge in [-0.15, -0.1) is 24.0 Å². The van der Waals surface area contributed by atoms with Crippen LogP contribution in [0.5, 0.6) is 0 Å². The van der Waals surface area contributed by atoms with E-state index in [0.717, 1.165) is 38.6 Å². The van der Waals surface area contributed by atoms with E-state index < -0.39 is 0 Å². The van der Waals surface area contributed by atoms with Crippen LogP contribution in [-0.2, 0) is 4.74 Å². The van der Waals surface area contributed by atoms with Gasteiger partial charge < -0.3 is 19.5 Å². The van der Waals surface area contributed by atoms with Gasteiger partial charge in [-0.25, -0.2) is 4.98 Å². The highest BCUT2D eigenvalue weighted by molar-refractivity contribution is 14.0. The molecule has 136 valence electrons. The Morgan fingerprint density at radius 1 is 1.38 bits per heavy atom. The first-order valence-electron chi connectivity index (χ1n) is 8.82. The van der Waals surface area contributed by atoms with Crippen LogP contribution in [0, 0.1) is 5.92 Å². The summed E-state index contributed by atoms with van der Waals surface area (Å²) < 4.78 is 8.04. The second kappa shape index (κ2) is 9.60. The summed E-state index contributed by atoms with van der Waals surface area (Å²) in [4.78, 5) is 11.1. The molecule has 0 spiro atoms. The number of nitrogens with zero attached hydrogens (tertiary/aromatic N) is 4. The van der Waals surface area contributed by atoms with Crippen LogP contribution in [0.2, 0.25) is 0 Å². The summed E-state index contributed by atoms with van der Waals surface area (Å²) in [5, 5.41) is 3.52. The van der Waals surface area contributed by atoms with E-state index in [2.05, 4.69) is 37.9 Å². The van der Waals surface area contributed by atoms with Crippen LogP contribution in [0.15, 0.2) is 23.7 Å². The van der Waals surface area contributed by atoms with E-state index in [1.807, 2.05) is 19.6 Å². The zero-order chi connectivity index (χ0) is 16.1. The van der Waals surface area contributed by atoms with E-state index >= 15 is 0 Å². The lowest BCUT2D eigenvalue weighted by Crippen LogP contribution is -2.50. The molecule has 6 nitrogen and oxygen atoms in total. The molecule has 0 amide bonds. The number of halogens is 1. The topological polar surface area (TPSA) is 54.7 Å². The van der Waals surface area contributed by atoms with Gasteiger partial charge in [0.25, 0.3) is 0 Å². The van der Waals surface area contributed by atoms with E-state index in [0.29, 0.717) is 18.1 Å². The van der Waals surface area contributed by atoms with Crippen LogP contribution < -0.4 is 5.32 Å². The lowest BCUT2D eigenvalue weighted by atomic mass is 9.93. The fourth-order valence-electron chi connectivity index (χ4n) is 3.60. The van der Waals surface area contributed by atoms with Crippen molar-refractivity contribution in [1.82, 2.24) is 19.8 Å². The number of likely N-dealkylation sites (tertiary alicyclic amines) is 1. The van der Waals surface area contributed by atoms with E-state index in [1.54, 1.807) is 0 Å². The fraction of sp³-hybridized carbons (Fsp3) is 0.765. The Bertz CT molecular complexity index is 501. The maximum atomic E-state index is 5.81. The molecule has 0 aliphatic carbocycles. The van der Waals surface area contributed by atoms with Crippen molar-refractivity contribution in [1.29, 1.82) is 0 Å². The number of ether oxygens (including phenoxy) is 1. The summed E-state index contributed by atoms with van der Waals surface area (Å²) in [6, 6.07) is 0.454. The number of hydrogen-bond acceptors (Lipinski definition) is 3. The molecule has 3 heterocycles. The maximum Gasteiger partial charge on any atom is 0.193 e. The molecule has 0 saturated carbocycles. The number of guanidine groups is 1. The largest absolute Gasteiger partial charge is 0.376 e. The molecule has 0 aromatic carbocycles. The minimum atomic E-state index is 0. The van der Waals surface area contributed by atoms with Crippen LogP contribution in [-0.4, -0.2) is 59.8 Å². The Morgan fingerprint density at radius 2 is 2.25 bits per heavy atom. The van der Waals surface area contributed by atoms with Crippen molar-refractivity contribution in [2.75, 3.05) is 33.3 Å². The summed E-state index contributed by atoms with van der Waals surface area (Å²) in [5.41, 5.74) is 0. The first-order chi connectivity index (χ1) is 11.3. The molecule has 7 heteroatoms. The standard InChI is InChI=1S/C17H29N5O.HI/c1-14-6-8-21(12-16(14)22-9-7-19-13-22)17(18-2)20-11-15-5-3-4-10-23-15;/h7,9,13-16H,3-6,8,10-12H2,1-2H3,(H,18,20);1H. The number of aromatic nitrogens is 2. The molecule has 24 heavy (non-hydrogen) atoms. The smallest absolute Gasteiger partial charge is 0.193 e. The summed E-state index contributed by atoms with van der Waals surface area (Å²) in [6.07, 6.45) is 11.0. The average Bonchev–Trinajstić information content (AvgIpc) is 3.12. The van der Waals surface area contributed by atoms with Gasteiger partial charge in [-0.05, 0) is 31.6 Å². The Hall–Kier alpha value is -0.830. The van der Waals surface area contributed by atoms with Crippen LogP contribution in [0.1, 0.15) is 38.6 Å². The van der Waals surface area contributed by atoms with Crippen molar-refractivity contribution in [3.8, 4) is 0 Å². The minimum Gasteiger partial charge on any atom is -0.376 e. The number of aliphatic imine (C=N–C) groups is 1. The van der Waals surface area contributed by atoms with Gasteiger partial charge in [-0.1, -0.05) is 6.92 Å². The van der Waals surface area contributed by atoms with Gasteiger partial charge in [0.05, 0.1) is 18.5 Å². The minimum absolute atomic E-state index is 0. The quantitative estimate of drug-likeness (QED) is 0.440. The molecular weight excluding hydrogens is 417 g/mol. The molecular formula is C17H30IN5O. The monoisotopic (exact) mass is 447 g/mol. The summed E-state index contributed by atoms with van der Waals surface area (Å²) in [5.74, 6) is 1.65. The third kappa shape index (κ3) is 4.84. The van der Waals surface area contributed by atoms with E-state index in [4.69, 9.17) is 4.74 Å². The molecule has 3 unspecified atom stereocenters. The Morgan fingerprint density at radius 3 is 2.92 bits per heavy atom. The van der Waals surface area contributed by atoms with E-state index in [9.17, 15) is 0 Å². The van der Waals surface area contributed by atoms with Crippen LogP contribution in [0.3, 0.4) is 0 Å². The van der Waals surface area contributed by atoms with Crippen LogP contribution in [0.25, 0.3) is 0 Å². The molecule has 0 bridgehead atoms. The maximum absolute atomic E-state index is 5.81. The molecule has 2 aliphatic rings. The highest BCUT2D eigenvalue weighted by atomic mass is 127. The lowest BCUT2D eigenvalue weighted by Gasteiger charge is -2.39. The van der Waals surface area contributed by atoms with Crippen molar-refractivity contribution in [3.63, 3.8) is 0 Å². The number of piperidine rings is 1. The molecule has 1 aromatic rings. The van der Waals surface area contributed by atoms with Crippen molar-refractivity contribution < 1.29 is 4.74 Å². The molecule has 2 saturated heterocycles. The fourth-order valence-corrected chi connectivity index (χ4v) is 3.60.